The molecule has 0 spiro atoms. The monoisotopic (exact) mass is 236 g/mol. The number of hydrogen-bond donors (Lipinski definition) is 0. The van der Waals surface area contributed by atoms with Gasteiger partial charge in [-0.05, 0) is 26.7 Å². The van der Waals surface area contributed by atoms with E-state index in [0.717, 1.165) is 0 Å². The maximum atomic E-state index is 12.4. The summed E-state index contributed by atoms with van der Waals surface area (Å²) in [5.74, 6) is -0.0290. The molecule has 0 aromatic carbocycles. The maximum Gasteiger partial charge on any atom is 0.257 e. The Morgan fingerprint density at radius 2 is 1.29 bits per heavy atom. The molecule has 0 bridgehead atoms. The first-order valence-electron chi connectivity index (χ1n) is 6.27. The lowest BCUT2D eigenvalue weighted by Gasteiger charge is -2.33. The highest BCUT2D eigenvalue weighted by Gasteiger charge is 2.56. The van der Waals surface area contributed by atoms with Crippen molar-refractivity contribution in [2.24, 2.45) is 5.41 Å². The van der Waals surface area contributed by atoms with E-state index in [1.54, 1.807) is 10.0 Å². The van der Waals surface area contributed by atoms with Crippen molar-refractivity contribution in [1.82, 2.24) is 10.0 Å². The van der Waals surface area contributed by atoms with Gasteiger partial charge in [-0.25, -0.2) is 10.0 Å². The molecule has 17 heavy (non-hydrogen) atoms. The SMILES string of the molecule is CCC1(CC)C(=O)N2CC(C)=C(C)CN2C1=O. The summed E-state index contributed by atoms with van der Waals surface area (Å²) < 4.78 is 0. The highest BCUT2D eigenvalue weighted by atomic mass is 16.2. The fraction of sp³-hybridized carbons (Fsp3) is 0.692. The van der Waals surface area contributed by atoms with Crippen LogP contribution in [0.2, 0.25) is 0 Å². The standard InChI is InChI=1S/C13H20N2O2/c1-5-13(6-2)11(16)14-7-9(3)10(4)8-15(14)12(13)17/h5-8H2,1-4H3. The van der Waals surface area contributed by atoms with Crippen LogP contribution >= 0.6 is 0 Å². The highest BCUT2D eigenvalue weighted by Crippen LogP contribution is 2.40. The summed E-state index contributed by atoms with van der Waals surface area (Å²) in [7, 11) is 0. The molecule has 2 rings (SSSR count). The molecule has 0 unspecified atom stereocenters. The van der Waals surface area contributed by atoms with Crippen molar-refractivity contribution in [2.75, 3.05) is 13.1 Å². The van der Waals surface area contributed by atoms with Crippen LogP contribution in [0.15, 0.2) is 11.1 Å². The van der Waals surface area contributed by atoms with E-state index in [1.165, 1.54) is 11.1 Å². The van der Waals surface area contributed by atoms with Crippen LogP contribution in [0.25, 0.3) is 0 Å². The Morgan fingerprint density at radius 1 is 0.941 bits per heavy atom. The van der Waals surface area contributed by atoms with Gasteiger partial charge in [0.25, 0.3) is 11.8 Å². The molecular weight excluding hydrogens is 216 g/mol. The Morgan fingerprint density at radius 3 is 1.59 bits per heavy atom. The van der Waals surface area contributed by atoms with Gasteiger partial charge in [-0.15, -0.1) is 0 Å². The minimum absolute atomic E-state index is 0.0145. The number of hydrogen-bond acceptors (Lipinski definition) is 2. The van der Waals surface area contributed by atoms with Crippen LogP contribution in [0.3, 0.4) is 0 Å². The van der Waals surface area contributed by atoms with Gasteiger partial charge in [-0.2, -0.15) is 0 Å². The Kier molecular flexibility index (Phi) is 2.76. The Labute approximate surface area is 102 Å². The number of hydrazine groups is 1. The first-order valence-corrected chi connectivity index (χ1v) is 6.27. The topological polar surface area (TPSA) is 40.6 Å². The van der Waals surface area contributed by atoms with Crippen LogP contribution in [-0.4, -0.2) is 34.9 Å². The Bertz CT molecular complexity index is 374. The predicted octanol–water partition coefficient (Wildman–Crippen LogP) is 1.73. The van der Waals surface area contributed by atoms with Crippen molar-refractivity contribution in [3.63, 3.8) is 0 Å². The number of carbonyl (C=O) groups excluding carboxylic acids is 2. The molecule has 0 saturated carbocycles. The molecule has 2 heterocycles. The number of nitrogens with zero attached hydrogens (tertiary/aromatic N) is 2. The molecule has 0 radical (unpaired) electrons. The van der Waals surface area contributed by atoms with Gasteiger partial charge in [-0.3, -0.25) is 9.59 Å². The van der Waals surface area contributed by atoms with Gasteiger partial charge in [0.15, 0.2) is 0 Å². The van der Waals surface area contributed by atoms with E-state index in [1.807, 2.05) is 27.7 Å². The third kappa shape index (κ3) is 1.43. The lowest BCUT2D eigenvalue weighted by molar-refractivity contribution is -0.145. The molecular formula is C13H20N2O2. The highest BCUT2D eigenvalue weighted by molar-refractivity contribution is 6.10. The Balaban J connectivity index is 2.41. The molecule has 2 amide bonds. The van der Waals surface area contributed by atoms with Crippen molar-refractivity contribution in [3.8, 4) is 0 Å². The van der Waals surface area contributed by atoms with Crippen LogP contribution in [0.4, 0.5) is 0 Å². The summed E-state index contributed by atoms with van der Waals surface area (Å²) in [6.07, 6.45) is 1.18. The van der Waals surface area contributed by atoms with Gasteiger partial charge in [0.2, 0.25) is 0 Å². The first-order chi connectivity index (χ1) is 7.97. The minimum atomic E-state index is -0.801. The molecule has 1 saturated heterocycles. The van der Waals surface area contributed by atoms with Gasteiger partial charge >= 0.3 is 0 Å². The van der Waals surface area contributed by atoms with E-state index in [2.05, 4.69) is 0 Å². The summed E-state index contributed by atoms with van der Waals surface area (Å²) in [5, 5.41) is 3.27. The van der Waals surface area contributed by atoms with Crippen molar-refractivity contribution in [1.29, 1.82) is 0 Å². The van der Waals surface area contributed by atoms with E-state index in [9.17, 15) is 9.59 Å². The summed E-state index contributed by atoms with van der Waals surface area (Å²) >= 11 is 0. The average Bonchev–Trinajstić information content (AvgIpc) is 2.51. The average molecular weight is 236 g/mol. The summed E-state index contributed by atoms with van der Waals surface area (Å²) in [6.45, 7) is 9.04. The van der Waals surface area contributed by atoms with E-state index in [4.69, 9.17) is 0 Å². The summed E-state index contributed by atoms with van der Waals surface area (Å²) in [5.41, 5.74) is 1.60. The van der Waals surface area contributed by atoms with Gasteiger partial charge in [0, 0.05) is 0 Å². The third-order valence-corrected chi connectivity index (χ3v) is 4.29. The fourth-order valence-electron chi connectivity index (χ4n) is 2.69. The van der Waals surface area contributed by atoms with Crippen molar-refractivity contribution >= 4 is 11.8 Å². The van der Waals surface area contributed by atoms with Crippen LogP contribution in [0.5, 0.6) is 0 Å². The molecule has 0 aromatic rings. The number of amides is 2. The first kappa shape index (κ1) is 12.1. The Hall–Kier alpha value is -1.32. The van der Waals surface area contributed by atoms with Crippen molar-refractivity contribution < 1.29 is 9.59 Å². The lowest BCUT2D eigenvalue weighted by atomic mass is 9.81. The lowest BCUT2D eigenvalue weighted by Crippen LogP contribution is -2.45. The molecule has 2 aliphatic rings. The van der Waals surface area contributed by atoms with Crippen LogP contribution in [-0.2, 0) is 9.59 Å². The van der Waals surface area contributed by atoms with Crippen LogP contribution < -0.4 is 0 Å². The maximum absolute atomic E-state index is 12.4. The molecule has 94 valence electrons. The van der Waals surface area contributed by atoms with Crippen LogP contribution in [0, 0.1) is 5.41 Å². The molecule has 4 nitrogen and oxygen atoms in total. The van der Waals surface area contributed by atoms with Crippen molar-refractivity contribution in [3.05, 3.63) is 11.1 Å². The third-order valence-electron chi connectivity index (χ3n) is 4.29. The largest absolute Gasteiger partial charge is 0.272 e. The molecule has 1 fully saturated rings. The van der Waals surface area contributed by atoms with Crippen molar-refractivity contribution in [2.45, 2.75) is 40.5 Å². The van der Waals surface area contributed by atoms with E-state index in [0.29, 0.717) is 25.9 Å². The summed E-state index contributed by atoms with van der Waals surface area (Å²) in [6, 6.07) is 0. The quantitative estimate of drug-likeness (QED) is 0.541. The molecule has 2 aliphatic heterocycles. The molecule has 0 aromatic heterocycles. The van der Waals surface area contributed by atoms with Gasteiger partial charge in [0.05, 0.1) is 13.1 Å². The second kappa shape index (κ2) is 3.86. The van der Waals surface area contributed by atoms with Gasteiger partial charge in [0.1, 0.15) is 5.41 Å². The normalized spacial score (nSPS) is 23.5. The zero-order valence-corrected chi connectivity index (χ0v) is 11.0. The van der Waals surface area contributed by atoms with E-state index < -0.39 is 5.41 Å². The van der Waals surface area contributed by atoms with Gasteiger partial charge < -0.3 is 0 Å². The number of rotatable bonds is 2. The second-order valence-corrected chi connectivity index (χ2v) is 5.08. The molecule has 0 atom stereocenters. The van der Waals surface area contributed by atoms with E-state index in [-0.39, 0.29) is 11.8 Å². The number of carbonyl (C=O) groups is 2. The smallest absolute Gasteiger partial charge is 0.257 e. The van der Waals surface area contributed by atoms with Gasteiger partial charge in [-0.1, -0.05) is 25.0 Å². The number of fused-ring (bicyclic) bond motifs is 1. The second-order valence-electron chi connectivity index (χ2n) is 5.08. The van der Waals surface area contributed by atoms with Crippen LogP contribution in [0.1, 0.15) is 40.5 Å². The fourth-order valence-corrected chi connectivity index (χ4v) is 2.69. The zero-order chi connectivity index (χ0) is 12.8. The molecule has 4 heteroatoms. The molecule has 0 aliphatic carbocycles. The van der Waals surface area contributed by atoms with E-state index >= 15 is 0 Å². The molecule has 0 N–H and O–H groups in total. The zero-order valence-electron chi connectivity index (χ0n) is 11.0. The predicted molar refractivity (Wildman–Crippen MR) is 64.8 cm³/mol. The summed E-state index contributed by atoms with van der Waals surface area (Å²) in [4.78, 5) is 24.9. The minimum Gasteiger partial charge on any atom is -0.272 e.